The minimum Gasteiger partial charge on any atom is -0.306 e. The van der Waals surface area contributed by atoms with Crippen molar-refractivity contribution in [2.45, 2.75) is 23.8 Å². The topological polar surface area (TPSA) is 20.3 Å². The van der Waals surface area contributed by atoms with Crippen LogP contribution < -0.4 is 4.90 Å². The van der Waals surface area contributed by atoms with Gasteiger partial charge >= 0.3 is 23.9 Å². The summed E-state index contributed by atoms with van der Waals surface area (Å²) in [5, 5.41) is 0. The summed E-state index contributed by atoms with van der Waals surface area (Å²) in [7, 11) is 0. The molecule has 0 radical (unpaired) electrons. The molecule has 2 nitrogen and oxygen atoms in total. The van der Waals surface area contributed by atoms with Crippen LogP contribution in [0.4, 0.5) is 36.4 Å². The minimum atomic E-state index is -6.54. The molecule has 0 aromatic heterocycles. The zero-order valence-corrected chi connectivity index (χ0v) is 12.2. The number of hydrogen-bond donors (Lipinski definition) is 0. The molecule has 1 amide bonds. The lowest BCUT2D eigenvalue weighted by Gasteiger charge is -2.32. The lowest BCUT2D eigenvalue weighted by atomic mass is 10.1. The molecule has 2 rings (SSSR count). The van der Waals surface area contributed by atoms with Gasteiger partial charge in [0, 0.05) is 23.7 Å². The number of fused-ring (bicyclic) bond motifs is 1. The van der Waals surface area contributed by atoms with Crippen LogP contribution in [0.15, 0.2) is 24.3 Å². The van der Waals surface area contributed by atoms with Crippen LogP contribution in [0.1, 0.15) is 5.56 Å². The number of carbonyl (C=O) groups is 1. The highest BCUT2D eigenvalue weighted by Gasteiger charge is 2.77. The van der Waals surface area contributed by atoms with Crippen molar-refractivity contribution in [3.05, 3.63) is 29.8 Å². The van der Waals surface area contributed by atoms with Gasteiger partial charge in [-0.1, -0.05) is 18.2 Å². The van der Waals surface area contributed by atoms with Crippen molar-refractivity contribution in [1.82, 2.24) is 0 Å². The molecular weight excluding hydrogens is 351 g/mol. The average Bonchev–Trinajstić information content (AvgIpc) is 2.67. The Hall–Kier alpha value is -1.45. The van der Waals surface area contributed by atoms with Crippen LogP contribution in [0.3, 0.4) is 0 Å². The molecule has 128 valence electrons. The fourth-order valence-corrected chi connectivity index (χ4v) is 2.97. The van der Waals surface area contributed by atoms with E-state index in [4.69, 9.17) is 0 Å². The fraction of sp³-hybridized carbons (Fsp3) is 0.462. The average molecular weight is 361 g/mol. The van der Waals surface area contributed by atoms with Crippen LogP contribution in [0, 0.1) is 0 Å². The quantitative estimate of drug-likeness (QED) is 0.740. The first-order chi connectivity index (χ1) is 10.5. The van der Waals surface area contributed by atoms with Crippen molar-refractivity contribution < 1.29 is 35.5 Å². The lowest BCUT2D eigenvalue weighted by Crippen LogP contribution is -2.60. The van der Waals surface area contributed by atoms with Gasteiger partial charge < -0.3 is 4.90 Å². The van der Waals surface area contributed by atoms with Crippen molar-refractivity contribution in [3.8, 4) is 0 Å². The number of carbonyl (C=O) groups excluding carboxylic acids is 1. The monoisotopic (exact) mass is 361 g/mol. The number of benzene rings is 1. The van der Waals surface area contributed by atoms with E-state index in [1.165, 1.54) is 30.0 Å². The van der Waals surface area contributed by atoms with E-state index in [9.17, 15) is 35.5 Å². The summed E-state index contributed by atoms with van der Waals surface area (Å²) in [6, 6.07) is 5.67. The van der Waals surface area contributed by atoms with Gasteiger partial charge in [0.25, 0.3) is 0 Å². The highest BCUT2D eigenvalue weighted by Crippen LogP contribution is 2.48. The zero-order valence-electron chi connectivity index (χ0n) is 11.3. The van der Waals surface area contributed by atoms with E-state index in [1.54, 1.807) is 6.07 Å². The van der Waals surface area contributed by atoms with Crippen LogP contribution in [-0.4, -0.2) is 36.2 Å². The van der Waals surface area contributed by atoms with Crippen molar-refractivity contribution >= 4 is 23.4 Å². The summed E-state index contributed by atoms with van der Waals surface area (Å²) in [6.45, 7) is -0.385. The summed E-state index contributed by atoms with van der Waals surface area (Å²) in [5.41, 5.74) is 0.328. The first-order valence-electron chi connectivity index (χ1n) is 6.30. The number of halogens is 7. The molecule has 1 heterocycles. The van der Waals surface area contributed by atoms with Gasteiger partial charge in [-0.25, -0.2) is 0 Å². The molecule has 0 bridgehead atoms. The number of thioether (sulfide) groups is 1. The van der Waals surface area contributed by atoms with Gasteiger partial charge in [-0.3, -0.25) is 4.79 Å². The lowest BCUT2D eigenvalue weighted by molar-refractivity contribution is -0.343. The molecule has 0 N–H and O–H groups in total. The number of amides is 1. The maximum absolute atomic E-state index is 13.6. The van der Waals surface area contributed by atoms with E-state index in [0.29, 0.717) is 16.2 Å². The molecule has 10 heteroatoms. The highest BCUT2D eigenvalue weighted by molar-refractivity contribution is 7.98. The second-order valence-corrected chi connectivity index (χ2v) is 5.89. The maximum Gasteiger partial charge on any atom is 0.460 e. The summed E-state index contributed by atoms with van der Waals surface area (Å²) >= 11 is 1.25. The molecule has 1 aromatic rings. The smallest absolute Gasteiger partial charge is 0.306 e. The normalized spacial score (nSPS) is 16.7. The first kappa shape index (κ1) is 17.9. The second-order valence-electron chi connectivity index (χ2n) is 4.78. The molecule has 1 aliphatic heterocycles. The Balaban J connectivity index is 2.44. The Bertz CT molecular complexity index is 602. The Morgan fingerprint density at radius 1 is 1.04 bits per heavy atom. The number of anilines is 1. The third-order valence-corrected chi connectivity index (χ3v) is 4.25. The van der Waals surface area contributed by atoms with Gasteiger partial charge in [-0.15, -0.1) is 0 Å². The third kappa shape index (κ3) is 3.00. The number of para-hydroxylation sites is 1. The van der Waals surface area contributed by atoms with E-state index >= 15 is 0 Å². The minimum absolute atomic E-state index is 0.0832. The molecule has 0 saturated heterocycles. The largest absolute Gasteiger partial charge is 0.460 e. The molecule has 0 unspecified atom stereocenters. The van der Waals surface area contributed by atoms with Gasteiger partial charge in [0.05, 0.1) is 0 Å². The second kappa shape index (κ2) is 5.88. The summed E-state index contributed by atoms with van der Waals surface area (Å²) in [5.74, 6) is -14.4. The van der Waals surface area contributed by atoms with Gasteiger partial charge in [-0.05, 0) is 11.6 Å². The predicted octanol–water partition coefficient (Wildman–Crippen LogP) is 4.10. The third-order valence-electron chi connectivity index (χ3n) is 3.26. The Morgan fingerprint density at radius 3 is 2.26 bits per heavy atom. The molecule has 0 atom stereocenters. The maximum atomic E-state index is 13.6. The number of nitrogens with zero attached hydrogens (tertiary/aromatic N) is 1. The zero-order chi connectivity index (χ0) is 17.5. The van der Waals surface area contributed by atoms with Crippen LogP contribution >= 0.6 is 11.8 Å². The molecule has 0 spiro atoms. The van der Waals surface area contributed by atoms with Gasteiger partial charge in [0.2, 0.25) is 0 Å². The Labute approximate surface area is 130 Å². The highest BCUT2D eigenvalue weighted by atomic mass is 32.2. The van der Waals surface area contributed by atoms with Crippen molar-refractivity contribution in [2.24, 2.45) is 0 Å². The van der Waals surface area contributed by atoms with Crippen LogP contribution in [0.25, 0.3) is 0 Å². The molecule has 0 saturated carbocycles. The summed E-state index contributed by atoms with van der Waals surface area (Å²) < 4.78 is 90.1. The van der Waals surface area contributed by atoms with Crippen LogP contribution in [0.2, 0.25) is 0 Å². The fourth-order valence-electron chi connectivity index (χ4n) is 2.05. The van der Waals surface area contributed by atoms with E-state index in [2.05, 4.69) is 0 Å². The van der Waals surface area contributed by atoms with E-state index < -0.39 is 23.9 Å². The van der Waals surface area contributed by atoms with Crippen LogP contribution in [-0.2, 0) is 10.5 Å². The molecule has 0 fully saturated rings. The molecule has 23 heavy (non-hydrogen) atoms. The summed E-state index contributed by atoms with van der Waals surface area (Å²) in [4.78, 5) is 12.1. The number of alkyl halides is 7. The van der Waals surface area contributed by atoms with E-state index in [0.717, 1.165) is 0 Å². The molecule has 1 aliphatic rings. The predicted molar refractivity (Wildman–Crippen MR) is 70.9 cm³/mol. The van der Waals surface area contributed by atoms with Crippen molar-refractivity contribution in [1.29, 1.82) is 0 Å². The van der Waals surface area contributed by atoms with Crippen molar-refractivity contribution in [2.75, 3.05) is 17.2 Å². The van der Waals surface area contributed by atoms with E-state index in [-0.39, 0.29) is 18.0 Å². The number of rotatable bonds is 2. The van der Waals surface area contributed by atoms with Gasteiger partial charge in [0.15, 0.2) is 0 Å². The van der Waals surface area contributed by atoms with Gasteiger partial charge in [0.1, 0.15) is 0 Å². The number of hydrogen-bond acceptors (Lipinski definition) is 2. The Kier molecular flexibility index (Phi) is 4.57. The standard InChI is InChI=1S/C13H10F7NOS/c14-11(15,12(16,17)13(18,19)20)10(22)21-5-6-23-7-8-3-1-2-4-9(8)21/h1-4H,5-7H2. The van der Waals surface area contributed by atoms with Crippen molar-refractivity contribution in [3.63, 3.8) is 0 Å². The molecule has 1 aromatic carbocycles. The van der Waals surface area contributed by atoms with E-state index in [1.807, 2.05) is 0 Å². The summed E-state index contributed by atoms with van der Waals surface area (Å²) in [6.07, 6.45) is -6.54. The SMILES string of the molecule is O=C(N1CCSCc2ccccc21)C(F)(F)C(F)(F)C(F)(F)F. The molecular formula is C13H10F7NOS. The first-order valence-corrected chi connectivity index (χ1v) is 7.45. The van der Waals surface area contributed by atoms with Gasteiger partial charge in [-0.2, -0.15) is 42.5 Å². The van der Waals surface area contributed by atoms with Crippen LogP contribution in [0.5, 0.6) is 0 Å². The molecule has 0 aliphatic carbocycles. The Morgan fingerprint density at radius 2 is 1.65 bits per heavy atom.